The first-order valence-corrected chi connectivity index (χ1v) is 12.0. The Balaban J connectivity index is 1.69. The molecule has 0 atom stereocenters. The van der Waals surface area contributed by atoms with Crippen molar-refractivity contribution in [2.24, 2.45) is 0 Å². The molecular formula is C30H28FN3O2. The van der Waals surface area contributed by atoms with Crippen LogP contribution in [0.4, 0.5) is 4.39 Å². The van der Waals surface area contributed by atoms with Gasteiger partial charge in [0.1, 0.15) is 24.9 Å². The highest BCUT2D eigenvalue weighted by Gasteiger charge is 2.16. The van der Waals surface area contributed by atoms with Gasteiger partial charge >= 0.3 is 0 Å². The van der Waals surface area contributed by atoms with E-state index in [4.69, 9.17) is 9.72 Å². The van der Waals surface area contributed by atoms with Gasteiger partial charge in [0.15, 0.2) is 0 Å². The van der Waals surface area contributed by atoms with E-state index >= 15 is 0 Å². The molecule has 0 saturated heterocycles. The molecule has 0 saturated carbocycles. The molecule has 4 rings (SSSR count). The van der Waals surface area contributed by atoms with Crippen molar-refractivity contribution in [2.45, 2.75) is 33.1 Å². The molecular weight excluding hydrogens is 453 g/mol. The number of hydrogen-bond acceptors (Lipinski definition) is 4. The van der Waals surface area contributed by atoms with E-state index in [1.165, 1.54) is 0 Å². The molecule has 0 bridgehead atoms. The zero-order valence-electron chi connectivity index (χ0n) is 20.5. The summed E-state index contributed by atoms with van der Waals surface area (Å²) in [5.41, 5.74) is 5.55. The number of nitrogens with zero attached hydrogens (tertiary/aromatic N) is 3. The smallest absolute Gasteiger partial charge is 0.261 e. The molecule has 0 aliphatic carbocycles. The van der Waals surface area contributed by atoms with Crippen LogP contribution in [0.15, 0.2) is 77.6 Å². The number of ether oxygens (including phenoxy) is 1. The molecule has 1 aromatic heterocycles. The lowest BCUT2D eigenvalue weighted by atomic mass is 9.97. The predicted octanol–water partition coefficient (Wildman–Crippen LogP) is 5.97. The maximum atomic E-state index is 13.7. The second-order valence-electron chi connectivity index (χ2n) is 8.54. The molecule has 36 heavy (non-hydrogen) atoms. The van der Waals surface area contributed by atoms with Crippen LogP contribution in [0.5, 0.6) is 5.75 Å². The summed E-state index contributed by atoms with van der Waals surface area (Å²) in [5.74, 6) is 1.17. The average Bonchev–Trinajstić information content (AvgIpc) is 2.91. The van der Waals surface area contributed by atoms with E-state index in [0.29, 0.717) is 34.8 Å². The maximum absolute atomic E-state index is 13.7. The summed E-state index contributed by atoms with van der Waals surface area (Å²) >= 11 is 0. The number of aromatic nitrogens is 2. The van der Waals surface area contributed by atoms with Crippen molar-refractivity contribution >= 4 is 0 Å². The molecule has 0 unspecified atom stereocenters. The Bertz CT molecular complexity index is 1440. The van der Waals surface area contributed by atoms with Gasteiger partial charge in [-0.1, -0.05) is 55.8 Å². The van der Waals surface area contributed by atoms with Gasteiger partial charge in [0.25, 0.3) is 5.56 Å². The van der Waals surface area contributed by atoms with Crippen molar-refractivity contribution in [1.29, 1.82) is 5.26 Å². The van der Waals surface area contributed by atoms with E-state index in [0.717, 1.165) is 35.2 Å². The minimum atomic E-state index is -0.557. The fourth-order valence-electron chi connectivity index (χ4n) is 4.33. The number of alkyl halides is 1. The van der Waals surface area contributed by atoms with Gasteiger partial charge in [0.2, 0.25) is 0 Å². The minimum absolute atomic E-state index is 0.00335. The van der Waals surface area contributed by atoms with Crippen molar-refractivity contribution in [3.05, 3.63) is 111 Å². The first-order valence-electron chi connectivity index (χ1n) is 12.0. The first kappa shape index (κ1) is 24.9. The van der Waals surface area contributed by atoms with E-state index in [-0.39, 0.29) is 12.2 Å². The van der Waals surface area contributed by atoms with E-state index in [2.05, 4.69) is 13.0 Å². The molecule has 0 radical (unpaired) electrons. The summed E-state index contributed by atoms with van der Waals surface area (Å²) in [4.78, 5) is 18.5. The van der Waals surface area contributed by atoms with Crippen LogP contribution >= 0.6 is 0 Å². The third-order valence-corrected chi connectivity index (χ3v) is 6.05. The van der Waals surface area contributed by atoms with Crippen LogP contribution < -0.4 is 10.3 Å². The van der Waals surface area contributed by atoms with Crippen LogP contribution in [0.25, 0.3) is 16.8 Å². The molecule has 0 spiro atoms. The van der Waals surface area contributed by atoms with Gasteiger partial charge in [-0.2, -0.15) is 5.26 Å². The summed E-state index contributed by atoms with van der Waals surface area (Å²) in [5, 5.41) is 9.42. The van der Waals surface area contributed by atoms with Crippen LogP contribution in [-0.2, 0) is 12.8 Å². The summed E-state index contributed by atoms with van der Waals surface area (Å²) in [6, 6.07) is 24.8. The largest absolute Gasteiger partial charge is 0.491 e. The molecule has 0 aliphatic heterocycles. The lowest BCUT2D eigenvalue weighted by molar-refractivity contribution is 0.273. The van der Waals surface area contributed by atoms with Crippen LogP contribution in [0.1, 0.15) is 41.6 Å². The van der Waals surface area contributed by atoms with Gasteiger partial charge in [-0.05, 0) is 60.4 Å². The van der Waals surface area contributed by atoms with Gasteiger partial charge in [-0.15, -0.1) is 0 Å². The van der Waals surface area contributed by atoms with E-state index in [1.807, 2.05) is 49.4 Å². The lowest BCUT2D eigenvalue weighted by Gasteiger charge is -2.16. The van der Waals surface area contributed by atoms with Crippen LogP contribution in [0.3, 0.4) is 0 Å². The van der Waals surface area contributed by atoms with Gasteiger partial charge in [0, 0.05) is 12.0 Å². The molecule has 5 nitrogen and oxygen atoms in total. The SMILES string of the molecule is CCCc1nc(C)n(-c2ccc(OCCF)cc2)c(=O)c1Cc1ccc(-c2ccccc2C#N)cc1. The van der Waals surface area contributed by atoms with Crippen molar-refractivity contribution in [2.75, 3.05) is 13.3 Å². The highest BCUT2D eigenvalue weighted by Crippen LogP contribution is 2.24. The lowest BCUT2D eigenvalue weighted by Crippen LogP contribution is -2.28. The second kappa shape index (κ2) is 11.5. The van der Waals surface area contributed by atoms with Gasteiger partial charge in [0.05, 0.1) is 23.0 Å². The predicted molar refractivity (Wildman–Crippen MR) is 139 cm³/mol. The fourth-order valence-corrected chi connectivity index (χ4v) is 4.33. The third kappa shape index (κ3) is 5.36. The van der Waals surface area contributed by atoms with E-state index < -0.39 is 6.67 Å². The molecule has 4 aromatic rings. The van der Waals surface area contributed by atoms with Crippen molar-refractivity contribution in [1.82, 2.24) is 9.55 Å². The van der Waals surface area contributed by atoms with Crippen molar-refractivity contribution < 1.29 is 9.13 Å². The van der Waals surface area contributed by atoms with E-state index in [1.54, 1.807) is 34.9 Å². The molecule has 0 fully saturated rings. The quantitative estimate of drug-likeness (QED) is 0.295. The number of nitriles is 1. The van der Waals surface area contributed by atoms with Crippen LogP contribution in [0, 0.1) is 18.3 Å². The number of halogens is 1. The second-order valence-corrected chi connectivity index (χ2v) is 8.54. The fraction of sp³-hybridized carbons (Fsp3) is 0.233. The summed E-state index contributed by atoms with van der Waals surface area (Å²) in [6.07, 6.45) is 2.06. The first-order chi connectivity index (χ1) is 17.5. The Labute approximate surface area is 210 Å². The molecule has 6 heteroatoms. The molecule has 0 N–H and O–H groups in total. The normalized spacial score (nSPS) is 10.7. The summed E-state index contributed by atoms with van der Waals surface area (Å²) < 4.78 is 19.3. The Kier molecular flexibility index (Phi) is 7.92. The Morgan fingerprint density at radius 2 is 1.75 bits per heavy atom. The molecule has 1 heterocycles. The average molecular weight is 482 g/mol. The zero-order chi connectivity index (χ0) is 25.5. The Morgan fingerprint density at radius 1 is 1.03 bits per heavy atom. The Hall–Kier alpha value is -4.24. The maximum Gasteiger partial charge on any atom is 0.261 e. The van der Waals surface area contributed by atoms with Gasteiger partial charge in [-0.3, -0.25) is 9.36 Å². The number of aryl methyl sites for hydroxylation is 2. The monoisotopic (exact) mass is 481 g/mol. The zero-order valence-corrected chi connectivity index (χ0v) is 20.5. The van der Waals surface area contributed by atoms with Crippen molar-refractivity contribution in [3.8, 4) is 28.6 Å². The highest BCUT2D eigenvalue weighted by molar-refractivity contribution is 5.70. The standard InChI is InChI=1S/C30H28FN3O2/c1-3-6-29-28(19-22-9-11-23(12-10-22)27-8-5-4-7-24(27)20-32)30(35)34(21(2)33-29)25-13-15-26(16-14-25)36-18-17-31/h4-5,7-16H,3,6,17-19H2,1-2H3. The molecule has 0 aliphatic rings. The molecule has 0 amide bonds. The van der Waals surface area contributed by atoms with Gasteiger partial charge in [-0.25, -0.2) is 9.37 Å². The molecule has 3 aromatic carbocycles. The van der Waals surface area contributed by atoms with Crippen LogP contribution in [-0.4, -0.2) is 22.8 Å². The number of rotatable bonds is 9. The Morgan fingerprint density at radius 3 is 2.42 bits per heavy atom. The van der Waals surface area contributed by atoms with Crippen LogP contribution in [0.2, 0.25) is 0 Å². The number of benzene rings is 3. The summed E-state index contributed by atoms with van der Waals surface area (Å²) in [7, 11) is 0. The van der Waals surface area contributed by atoms with Crippen molar-refractivity contribution in [3.63, 3.8) is 0 Å². The van der Waals surface area contributed by atoms with E-state index in [9.17, 15) is 14.4 Å². The third-order valence-electron chi connectivity index (χ3n) is 6.05. The highest BCUT2D eigenvalue weighted by atomic mass is 19.1. The topological polar surface area (TPSA) is 67.9 Å². The minimum Gasteiger partial charge on any atom is -0.491 e. The molecule has 182 valence electrons. The van der Waals surface area contributed by atoms with Gasteiger partial charge < -0.3 is 4.74 Å². The summed E-state index contributed by atoms with van der Waals surface area (Å²) in [6.45, 7) is 3.35. The number of hydrogen-bond donors (Lipinski definition) is 0.